The molecule has 0 aliphatic rings. The number of nitrogens with zero attached hydrogens (tertiary/aromatic N) is 1. The van der Waals surface area contributed by atoms with E-state index in [2.05, 4.69) is 30.2 Å². The highest BCUT2D eigenvalue weighted by molar-refractivity contribution is 6.33. The van der Waals surface area contributed by atoms with Crippen LogP contribution in [0.25, 0.3) is 0 Å². The Hall–Kier alpha value is -1.09. The van der Waals surface area contributed by atoms with E-state index < -0.39 is 0 Å². The van der Waals surface area contributed by atoms with Crippen LogP contribution in [-0.2, 0) is 0 Å². The van der Waals surface area contributed by atoms with Gasteiger partial charge in [-0.1, -0.05) is 29.3 Å². The van der Waals surface area contributed by atoms with Gasteiger partial charge in [-0.25, -0.2) is 0 Å². The summed E-state index contributed by atoms with van der Waals surface area (Å²) in [6, 6.07) is 9.82. The van der Waals surface area contributed by atoms with Crippen LogP contribution in [0.1, 0.15) is 37.1 Å². The van der Waals surface area contributed by atoms with Crippen molar-refractivity contribution in [1.29, 1.82) is 0 Å². The van der Waals surface area contributed by atoms with Gasteiger partial charge in [0.1, 0.15) is 0 Å². The summed E-state index contributed by atoms with van der Waals surface area (Å²) in [4.78, 5) is 4.13. The van der Waals surface area contributed by atoms with Gasteiger partial charge in [-0.15, -0.1) is 0 Å². The molecule has 4 heteroatoms. The quantitative estimate of drug-likeness (QED) is 0.876. The van der Waals surface area contributed by atoms with Crippen molar-refractivity contribution in [1.82, 2.24) is 10.3 Å². The summed E-state index contributed by atoms with van der Waals surface area (Å²) in [6.45, 7) is 4.18. The summed E-state index contributed by atoms with van der Waals surface area (Å²) >= 11 is 12.2. The number of hydrogen-bond donors (Lipinski definition) is 1. The zero-order chi connectivity index (χ0) is 13.8. The van der Waals surface area contributed by atoms with E-state index in [1.807, 2.05) is 24.4 Å². The Balaban J connectivity index is 2.13. The summed E-state index contributed by atoms with van der Waals surface area (Å²) in [5, 5.41) is 4.92. The molecule has 0 fully saturated rings. The van der Waals surface area contributed by atoms with Gasteiger partial charge in [0.2, 0.25) is 0 Å². The Bertz CT molecular complexity index is 543. The maximum atomic E-state index is 6.21. The van der Waals surface area contributed by atoms with Gasteiger partial charge in [0.25, 0.3) is 0 Å². The van der Waals surface area contributed by atoms with Gasteiger partial charge in [-0.3, -0.25) is 4.98 Å². The SMILES string of the molecule is CC(N[C@@H](C)c1cccnc1)c1cc(Cl)ccc1Cl. The van der Waals surface area contributed by atoms with Gasteiger partial charge in [0, 0.05) is 34.5 Å². The van der Waals surface area contributed by atoms with Crippen molar-refractivity contribution in [3.8, 4) is 0 Å². The monoisotopic (exact) mass is 294 g/mol. The molecular weight excluding hydrogens is 279 g/mol. The molecule has 0 aliphatic carbocycles. The largest absolute Gasteiger partial charge is 0.304 e. The molecule has 0 saturated heterocycles. The van der Waals surface area contributed by atoms with Gasteiger partial charge in [-0.05, 0) is 49.2 Å². The van der Waals surface area contributed by atoms with Gasteiger partial charge < -0.3 is 5.32 Å². The number of rotatable bonds is 4. The highest BCUT2D eigenvalue weighted by Crippen LogP contribution is 2.27. The van der Waals surface area contributed by atoms with E-state index in [1.54, 1.807) is 12.3 Å². The average Bonchev–Trinajstić information content (AvgIpc) is 2.42. The zero-order valence-electron chi connectivity index (χ0n) is 10.9. The highest BCUT2D eigenvalue weighted by atomic mass is 35.5. The molecule has 2 nitrogen and oxygen atoms in total. The maximum Gasteiger partial charge on any atom is 0.0454 e. The van der Waals surface area contributed by atoms with Crippen molar-refractivity contribution in [2.24, 2.45) is 0 Å². The normalized spacial score (nSPS) is 14.1. The fraction of sp³-hybridized carbons (Fsp3) is 0.267. The zero-order valence-corrected chi connectivity index (χ0v) is 12.4. The predicted molar refractivity (Wildman–Crippen MR) is 80.7 cm³/mol. The molecule has 0 spiro atoms. The first-order chi connectivity index (χ1) is 9.08. The summed E-state index contributed by atoms with van der Waals surface area (Å²) in [6.07, 6.45) is 3.64. The minimum Gasteiger partial charge on any atom is -0.304 e. The van der Waals surface area contributed by atoms with Crippen LogP contribution >= 0.6 is 23.2 Å². The first kappa shape index (κ1) is 14.3. The minimum atomic E-state index is 0.112. The van der Waals surface area contributed by atoms with Crippen molar-refractivity contribution in [3.05, 3.63) is 63.9 Å². The lowest BCUT2D eigenvalue weighted by molar-refractivity contribution is 0.494. The second kappa shape index (κ2) is 6.38. The van der Waals surface area contributed by atoms with Crippen molar-refractivity contribution in [2.45, 2.75) is 25.9 Å². The number of benzene rings is 1. The van der Waals surface area contributed by atoms with E-state index in [9.17, 15) is 0 Å². The molecule has 2 rings (SSSR count). The Morgan fingerprint density at radius 1 is 1.11 bits per heavy atom. The average molecular weight is 295 g/mol. The summed E-state index contributed by atoms with van der Waals surface area (Å²) in [5.41, 5.74) is 2.15. The molecule has 1 aromatic heterocycles. The van der Waals surface area contributed by atoms with Crippen molar-refractivity contribution in [3.63, 3.8) is 0 Å². The number of aromatic nitrogens is 1. The number of halogens is 2. The third kappa shape index (κ3) is 3.69. The van der Waals surface area contributed by atoms with Crippen LogP contribution in [0.2, 0.25) is 10.0 Å². The molecule has 1 heterocycles. The molecule has 2 aromatic rings. The van der Waals surface area contributed by atoms with Crippen LogP contribution in [0, 0.1) is 0 Å². The molecule has 0 amide bonds. The topological polar surface area (TPSA) is 24.9 Å². The van der Waals surface area contributed by atoms with Crippen molar-refractivity contribution >= 4 is 23.2 Å². The summed E-state index contributed by atoms with van der Waals surface area (Å²) in [7, 11) is 0. The number of nitrogens with one attached hydrogen (secondary N) is 1. The fourth-order valence-electron chi connectivity index (χ4n) is 2.04. The first-order valence-corrected chi connectivity index (χ1v) is 6.94. The number of pyridine rings is 1. The van der Waals surface area contributed by atoms with E-state index in [0.29, 0.717) is 5.02 Å². The molecule has 1 N–H and O–H groups in total. The van der Waals surface area contributed by atoms with Crippen molar-refractivity contribution < 1.29 is 0 Å². The Morgan fingerprint density at radius 3 is 2.58 bits per heavy atom. The van der Waals surface area contributed by atoms with Crippen LogP contribution in [0.5, 0.6) is 0 Å². The Morgan fingerprint density at radius 2 is 1.89 bits per heavy atom. The third-order valence-corrected chi connectivity index (χ3v) is 3.69. The predicted octanol–water partition coefficient (Wildman–Crippen LogP) is 4.80. The Kier molecular flexibility index (Phi) is 4.81. The van der Waals surface area contributed by atoms with E-state index >= 15 is 0 Å². The van der Waals surface area contributed by atoms with Gasteiger partial charge >= 0.3 is 0 Å². The summed E-state index contributed by atoms with van der Waals surface area (Å²) in [5.74, 6) is 0. The standard InChI is InChI=1S/C15H16Cl2N2/c1-10(12-4-3-7-18-9-12)19-11(2)14-8-13(16)5-6-15(14)17/h3-11,19H,1-2H3/t10-,11?/m0/s1. The lowest BCUT2D eigenvalue weighted by Crippen LogP contribution is -2.22. The first-order valence-electron chi connectivity index (χ1n) is 6.19. The van der Waals surface area contributed by atoms with E-state index in [1.165, 1.54) is 0 Å². The highest BCUT2D eigenvalue weighted by Gasteiger charge is 2.14. The molecule has 1 aromatic carbocycles. The maximum absolute atomic E-state index is 6.21. The molecule has 100 valence electrons. The van der Waals surface area contributed by atoms with E-state index in [0.717, 1.165) is 16.1 Å². The van der Waals surface area contributed by atoms with Gasteiger partial charge in [-0.2, -0.15) is 0 Å². The lowest BCUT2D eigenvalue weighted by Gasteiger charge is -2.21. The van der Waals surface area contributed by atoms with Crippen LogP contribution < -0.4 is 5.32 Å². The second-order valence-corrected chi connectivity index (χ2v) is 5.41. The van der Waals surface area contributed by atoms with E-state index in [-0.39, 0.29) is 12.1 Å². The fourth-order valence-corrected chi connectivity index (χ4v) is 2.50. The minimum absolute atomic E-state index is 0.112. The van der Waals surface area contributed by atoms with Crippen LogP contribution in [-0.4, -0.2) is 4.98 Å². The molecule has 2 atom stereocenters. The van der Waals surface area contributed by atoms with Crippen LogP contribution in [0.4, 0.5) is 0 Å². The molecule has 1 unspecified atom stereocenters. The molecule has 0 saturated carbocycles. The van der Waals surface area contributed by atoms with Crippen LogP contribution in [0.3, 0.4) is 0 Å². The molecular formula is C15H16Cl2N2. The lowest BCUT2D eigenvalue weighted by atomic mass is 10.1. The van der Waals surface area contributed by atoms with E-state index in [4.69, 9.17) is 23.2 Å². The van der Waals surface area contributed by atoms with Crippen LogP contribution in [0.15, 0.2) is 42.7 Å². The van der Waals surface area contributed by atoms with Crippen molar-refractivity contribution in [2.75, 3.05) is 0 Å². The summed E-state index contributed by atoms with van der Waals surface area (Å²) < 4.78 is 0. The number of hydrogen-bond acceptors (Lipinski definition) is 2. The molecule has 0 radical (unpaired) electrons. The smallest absolute Gasteiger partial charge is 0.0454 e. The second-order valence-electron chi connectivity index (χ2n) is 4.56. The molecule has 0 bridgehead atoms. The molecule has 19 heavy (non-hydrogen) atoms. The Labute approximate surface area is 123 Å². The van der Waals surface area contributed by atoms with Gasteiger partial charge in [0.05, 0.1) is 0 Å². The van der Waals surface area contributed by atoms with Gasteiger partial charge in [0.15, 0.2) is 0 Å². The molecule has 0 aliphatic heterocycles. The third-order valence-electron chi connectivity index (χ3n) is 3.11.